The Kier molecular flexibility index (Phi) is 6.06. The van der Waals surface area contributed by atoms with Crippen LogP contribution in [0, 0.1) is 11.8 Å². The fourth-order valence-electron chi connectivity index (χ4n) is 3.04. The predicted octanol–water partition coefficient (Wildman–Crippen LogP) is 3.25. The van der Waals surface area contributed by atoms with E-state index in [1.807, 2.05) is 11.0 Å². The van der Waals surface area contributed by atoms with Crippen molar-refractivity contribution in [2.24, 2.45) is 11.8 Å². The number of hydrogen-bond donors (Lipinski definition) is 2. The molecule has 2 rings (SSSR count). The molecule has 0 radical (unpaired) electrons. The van der Waals surface area contributed by atoms with Crippen LogP contribution in [-0.2, 0) is 0 Å². The average Bonchev–Trinajstić information content (AvgIpc) is 3.18. The Labute approximate surface area is 131 Å². The van der Waals surface area contributed by atoms with E-state index in [1.54, 1.807) is 11.3 Å². The Balaban J connectivity index is 2.03. The summed E-state index contributed by atoms with van der Waals surface area (Å²) in [6, 6.07) is 4.25. The molecule has 1 aromatic heterocycles. The molecule has 0 saturated carbocycles. The first-order chi connectivity index (χ1) is 10.2. The molecular weight excluding hydrogens is 284 g/mol. The summed E-state index contributed by atoms with van der Waals surface area (Å²) in [5.74, 6) is 0.702. The second-order valence-electron chi connectivity index (χ2n) is 5.80. The highest BCUT2D eigenvalue weighted by atomic mass is 32.1. The number of urea groups is 1. The van der Waals surface area contributed by atoms with E-state index < -0.39 is 0 Å². The van der Waals surface area contributed by atoms with Gasteiger partial charge in [0.2, 0.25) is 0 Å². The minimum Gasteiger partial charge on any atom is -0.396 e. The predicted molar refractivity (Wildman–Crippen MR) is 86.4 cm³/mol. The van der Waals surface area contributed by atoms with Crippen molar-refractivity contribution in [2.45, 2.75) is 39.2 Å². The Morgan fingerprint density at radius 1 is 1.52 bits per heavy atom. The maximum absolute atomic E-state index is 12.5. The number of carbonyl (C=O) groups is 1. The lowest BCUT2D eigenvalue weighted by Gasteiger charge is -2.28. The van der Waals surface area contributed by atoms with Crippen molar-refractivity contribution in [3.8, 4) is 0 Å². The second-order valence-corrected chi connectivity index (χ2v) is 6.78. The first-order valence-electron chi connectivity index (χ1n) is 7.89. The zero-order chi connectivity index (χ0) is 15.2. The second kappa shape index (κ2) is 7.80. The molecule has 2 unspecified atom stereocenters. The van der Waals surface area contributed by atoms with Crippen molar-refractivity contribution >= 4 is 17.4 Å². The van der Waals surface area contributed by atoms with Crippen LogP contribution in [0.25, 0.3) is 0 Å². The van der Waals surface area contributed by atoms with Gasteiger partial charge < -0.3 is 15.3 Å². The number of thiophene rings is 1. The summed E-state index contributed by atoms with van der Waals surface area (Å²) in [6.07, 6.45) is 3.01. The van der Waals surface area contributed by atoms with Crippen molar-refractivity contribution in [3.05, 3.63) is 22.4 Å². The van der Waals surface area contributed by atoms with Crippen molar-refractivity contribution in [1.29, 1.82) is 0 Å². The Hall–Kier alpha value is -1.07. The first-order valence-corrected chi connectivity index (χ1v) is 8.77. The SMILES string of the molecule is CCC(CC)C(NC(=O)N1CCC(CO)C1)c1cccs1. The van der Waals surface area contributed by atoms with E-state index in [0.717, 1.165) is 25.8 Å². The van der Waals surface area contributed by atoms with Crippen molar-refractivity contribution in [3.63, 3.8) is 0 Å². The van der Waals surface area contributed by atoms with E-state index in [4.69, 9.17) is 0 Å². The Morgan fingerprint density at radius 3 is 2.81 bits per heavy atom. The summed E-state index contributed by atoms with van der Waals surface area (Å²) < 4.78 is 0. The van der Waals surface area contributed by atoms with E-state index in [2.05, 4.69) is 30.6 Å². The third-order valence-electron chi connectivity index (χ3n) is 4.48. The highest BCUT2D eigenvalue weighted by Gasteiger charge is 2.29. The van der Waals surface area contributed by atoms with E-state index >= 15 is 0 Å². The number of carbonyl (C=O) groups excluding carboxylic acids is 1. The molecule has 2 atom stereocenters. The quantitative estimate of drug-likeness (QED) is 0.847. The molecule has 0 aliphatic carbocycles. The maximum Gasteiger partial charge on any atom is 0.317 e. The van der Waals surface area contributed by atoms with Crippen LogP contribution in [-0.4, -0.2) is 35.7 Å². The van der Waals surface area contributed by atoms with Crippen LogP contribution in [0.1, 0.15) is 44.0 Å². The van der Waals surface area contributed by atoms with Gasteiger partial charge in [-0.2, -0.15) is 0 Å². The van der Waals surface area contributed by atoms with Gasteiger partial charge in [0.05, 0.1) is 6.04 Å². The van der Waals surface area contributed by atoms with Gasteiger partial charge in [-0.05, 0) is 23.8 Å². The Morgan fingerprint density at radius 2 is 2.29 bits per heavy atom. The molecule has 4 nitrogen and oxygen atoms in total. The minimum absolute atomic E-state index is 0.0104. The molecule has 1 fully saturated rings. The standard InChI is InChI=1S/C16H26N2O2S/c1-3-13(4-2)15(14-6-5-9-21-14)17-16(20)18-8-7-12(10-18)11-19/h5-6,9,12-13,15,19H,3-4,7-8,10-11H2,1-2H3,(H,17,20). The van der Waals surface area contributed by atoms with Gasteiger partial charge in [-0.15, -0.1) is 11.3 Å². The van der Waals surface area contributed by atoms with Crippen LogP contribution in [0.5, 0.6) is 0 Å². The lowest BCUT2D eigenvalue weighted by molar-refractivity contribution is 0.189. The monoisotopic (exact) mass is 310 g/mol. The number of nitrogens with one attached hydrogen (secondary N) is 1. The van der Waals surface area contributed by atoms with Gasteiger partial charge in [-0.25, -0.2) is 4.79 Å². The molecule has 1 aliphatic rings. The molecule has 5 heteroatoms. The smallest absolute Gasteiger partial charge is 0.317 e. The summed E-state index contributed by atoms with van der Waals surface area (Å²) in [6.45, 7) is 5.95. The van der Waals surface area contributed by atoms with Crippen molar-refractivity contribution < 1.29 is 9.90 Å². The molecule has 118 valence electrons. The van der Waals surface area contributed by atoms with Crippen LogP contribution in [0.4, 0.5) is 4.79 Å². The molecule has 1 saturated heterocycles. The number of amides is 2. The average molecular weight is 310 g/mol. The van der Waals surface area contributed by atoms with Crippen LogP contribution >= 0.6 is 11.3 Å². The van der Waals surface area contributed by atoms with Crippen molar-refractivity contribution in [1.82, 2.24) is 10.2 Å². The highest BCUT2D eigenvalue weighted by molar-refractivity contribution is 7.10. The van der Waals surface area contributed by atoms with E-state index in [-0.39, 0.29) is 24.6 Å². The fraction of sp³-hybridized carbons (Fsp3) is 0.688. The molecule has 2 amide bonds. The van der Waals surface area contributed by atoms with Crippen LogP contribution in [0.3, 0.4) is 0 Å². The van der Waals surface area contributed by atoms with Gasteiger partial charge in [-0.3, -0.25) is 0 Å². The largest absolute Gasteiger partial charge is 0.396 e. The molecular formula is C16H26N2O2S. The summed E-state index contributed by atoms with van der Waals surface area (Å²) in [4.78, 5) is 15.6. The van der Waals surface area contributed by atoms with E-state index in [1.165, 1.54) is 4.88 Å². The van der Waals surface area contributed by atoms with E-state index in [0.29, 0.717) is 12.5 Å². The first kappa shape index (κ1) is 16.3. The van der Waals surface area contributed by atoms with Crippen LogP contribution < -0.4 is 5.32 Å². The minimum atomic E-state index is 0.0104. The summed E-state index contributed by atoms with van der Waals surface area (Å²) in [5, 5.41) is 14.5. The number of rotatable bonds is 6. The molecule has 2 heterocycles. The lowest BCUT2D eigenvalue weighted by Crippen LogP contribution is -2.42. The van der Waals surface area contributed by atoms with Crippen LogP contribution in [0.15, 0.2) is 17.5 Å². The lowest BCUT2D eigenvalue weighted by atomic mass is 9.93. The zero-order valence-electron chi connectivity index (χ0n) is 12.9. The number of nitrogens with zero attached hydrogens (tertiary/aromatic N) is 1. The summed E-state index contributed by atoms with van der Waals surface area (Å²) in [7, 11) is 0. The topological polar surface area (TPSA) is 52.6 Å². The molecule has 1 aliphatic heterocycles. The summed E-state index contributed by atoms with van der Waals surface area (Å²) >= 11 is 1.71. The molecule has 2 N–H and O–H groups in total. The van der Waals surface area contributed by atoms with Crippen molar-refractivity contribution in [2.75, 3.05) is 19.7 Å². The molecule has 0 aromatic carbocycles. The van der Waals surface area contributed by atoms with Crippen LogP contribution in [0.2, 0.25) is 0 Å². The number of aliphatic hydroxyl groups is 1. The molecule has 0 spiro atoms. The number of hydrogen-bond acceptors (Lipinski definition) is 3. The zero-order valence-corrected chi connectivity index (χ0v) is 13.7. The molecule has 21 heavy (non-hydrogen) atoms. The molecule has 0 bridgehead atoms. The van der Waals surface area contributed by atoms with Gasteiger partial charge in [0, 0.05) is 30.5 Å². The molecule has 1 aromatic rings. The van der Waals surface area contributed by atoms with Gasteiger partial charge in [-0.1, -0.05) is 32.8 Å². The highest BCUT2D eigenvalue weighted by Crippen LogP contribution is 2.31. The Bertz CT molecular complexity index is 431. The van der Waals surface area contributed by atoms with Gasteiger partial charge in [0.1, 0.15) is 0 Å². The number of aliphatic hydroxyl groups excluding tert-OH is 1. The number of likely N-dealkylation sites (tertiary alicyclic amines) is 1. The summed E-state index contributed by atoms with van der Waals surface area (Å²) in [5.41, 5.74) is 0. The van der Waals surface area contributed by atoms with Gasteiger partial charge in [0.15, 0.2) is 0 Å². The van der Waals surface area contributed by atoms with E-state index in [9.17, 15) is 9.90 Å². The third kappa shape index (κ3) is 3.98. The third-order valence-corrected chi connectivity index (χ3v) is 5.44. The maximum atomic E-state index is 12.5. The van der Waals surface area contributed by atoms with Gasteiger partial charge >= 0.3 is 6.03 Å². The van der Waals surface area contributed by atoms with Gasteiger partial charge in [0.25, 0.3) is 0 Å². The normalized spacial score (nSPS) is 20.0. The fourth-order valence-corrected chi connectivity index (χ4v) is 3.91.